The van der Waals surface area contributed by atoms with E-state index in [1.807, 2.05) is 18.2 Å². The van der Waals surface area contributed by atoms with Gasteiger partial charge in [-0.1, -0.05) is 30.3 Å². The van der Waals surface area contributed by atoms with Crippen LogP contribution >= 0.6 is 12.4 Å². The van der Waals surface area contributed by atoms with Crippen LogP contribution in [0.4, 0.5) is 8.78 Å². The fourth-order valence-corrected chi connectivity index (χ4v) is 3.42. The van der Waals surface area contributed by atoms with E-state index in [0.29, 0.717) is 19.0 Å². The second kappa shape index (κ2) is 7.58. The Morgan fingerprint density at radius 3 is 2.43 bits per heavy atom. The van der Waals surface area contributed by atoms with Crippen LogP contribution in [0.1, 0.15) is 24.8 Å². The van der Waals surface area contributed by atoms with Crippen molar-refractivity contribution in [2.75, 3.05) is 19.6 Å². The summed E-state index contributed by atoms with van der Waals surface area (Å²) in [5.41, 5.74) is 1.32. The van der Waals surface area contributed by atoms with Crippen molar-refractivity contribution in [2.45, 2.75) is 37.6 Å². The Bertz CT molecular complexity index is 519. The highest BCUT2D eigenvalue weighted by atomic mass is 35.5. The summed E-state index contributed by atoms with van der Waals surface area (Å²) in [6.07, 6.45) is 2.56. The lowest BCUT2D eigenvalue weighted by Crippen LogP contribution is -2.47. The van der Waals surface area contributed by atoms with Crippen LogP contribution in [-0.4, -0.2) is 42.4 Å². The Hall–Kier alpha value is -1.20. The van der Waals surface area contributed by atoms with Crippen LogP contribution in [0.2, 0.25) is 0 Å². The molecule has 1 unspecified atom stereocenters. The largest absolute Gasteiger partial charge is 0.341 e. The molecule has 0 aliphatic carbocycles. The van der Waals surface area contributed by atoms with Crippen molar-refractivity contribution in [3.63, 3.8) is 0 Å². The van der Waals surface area contributed by atoms with E-state index in [1.165, 1.54) is 5.56 Å². The lowest BCUT2D eigenvalue weighted by Gasteiger charge is -2.33. The molecule has 2 aliphatic rings. The third-order valence-corrected chi connectivity index (χ3v) is 4.70. The quantitative estimate of drug-likeness (QED) is 0.914. The normalized spacial score (nSPS) is 24.3. The second-order valence-electron chi connectivity index (χ2n) is 6.45. The van der Waals surface area contributed by atoms with E-state index in [0.717, 1.165) is 19.3 Å². The third-order valence-electron chi connectivity index (χ3n) is 4.70. The van der Waals surface area contributed by atoms with Gasteiger partial charge in [-0.3, -0.25) is 10.1 Å². The second-order valence-corrected chi connectivity index (χ2v) is 6.45. The van der Waals surface area contributed by atoms with Crippen LogP contribution in [-0.2, 0) is 11.2 Å². The van der Waals surface area contributed by atoms with Gasteiger partial charge in [-0.25, -0.2) is 8.78 Å². The van der Waals surface area contributed by atoms with Gasteiger partial charge >= 0.3 is 0 Å². The maximum Gasteiger partial charge on any atom is 0.262 e. The molecule has 1 atom stereocenters. The summed E-state index contributed by atoms with van der Waals surface area (Å²) in [5, 5.41) is 2.65. The van der Waals surface area contributed by atoms with Crippen LogP contribution in [0, 0.1) is 5.92 Å². The predicted molar refractivity (Wildman–Crippen MR) is 88.1 cm³/mol. The molecule has 0 radical (unpaired) electrons. The van der Waals surface area contributed by atoms with Crippen LogP contribution in [0.3, 0.4) is 0 Å². The van der Waals surface area contributed by atoms with E-state index in [1.54, 1.807) is 4.90 Å². The van der Waals surface area contributed by atoms with E-state index in [9.17, 15) is 13.6 Å². The number of benzene rings is 1. The molecule has 1 amide bonds. The lowest BCUT2D eigenvalue weighted by atomic mass is 9.90. The number of likely N-dealkylation sites (tertiary alicyclic amines) is 1. The molecule has 2 fully saturated rings. The van der Waals surface area contributed by atoms with Gasteiger partial charge in [-0.2, -0.15) is 0 Å². The molecule has 128 valence electrons. The van der Waals surface area contributed by atoms with Gasteiger partial charge in [-0.05, 0) is 30.7 Å². The van der Waals surface area contributed by atoms with E-state index >= 15 is 0 Å². The standard InChI is InChI=1S/C17H22F2N2O.ClH/c18-17(19)11-15(20-12-17)16(22)21-8-6-14(7-9-21)10-13-4-2-1-3-5-13;/h1-5,14-15,20H,6-12H2;1H. The molecule has 1 aromatic rings. The third kappa shape index (κ3) is 4.64. The van der Waals surface area contributed by atoms with E-state index < -0.39 is 12.0 Å². The summed E-state index contributed by atoms with van der Waals surface area (Å²) >= 11 is 0. The first-order chi connectivity index (χ1) is 10.5. The van der Waals surface area contributed by atoms with Gasteiger partial charge < -0.3 is 4.90 Å². The molecule has 0 bridgehead atoms. The average molecular weight is 345 g/mol. The highest BCUT2D eigenvalue weighted by molar-refractivity contribution is 5.85. The SMILES string of the molecule is Cl.O=C(C1CC(F)(F)CN1)N1CCC(Cc2ccccc2)CC1. The van der Waals surface area contributed by atoms with Crippen LogP contribution in [0.25, 0.3) is 0 Å². The first-order valence-corrected chi connectivity index (χ1v) is 7.97. The van der Waals surface area contributed by atoms with E-state index in [-0.39, 0.29) is 31.3 Å². The summed E-state index contributed by atoms with van der Waals surface area (Å²) in [6, 6.07) is 9.64. The van der Waals surface area contributed by atoms with E-state index in [4.69, 9.17) is 0 Å². The molecule has 2 saturated heterocycles. The van der Waals surface area contributed by atoms with E-state index in [2.05, 4.69) is 17.4 Å². The smallest absolute Gasteiger partial charge is 0.262 e. The van der Waals surface area contributed by atoms with Gasteiger partial charge in [0.2, 0.25) is 5.91 Å². The molecule has 2 aliphatic heterocycles. The number of carbonyl (C=O) groups excluding carboxylic acids is 1. The fourth-order valence-electron chi connectivity index (χ4n) is 3.42. The molecule has 1 aromatic carbocycles. The van der Waals surface area contributed by atoms with Crippen LogP contribution < -0.4 is 5.32 Å². The topological polar surface area (TPSA) is 32.3 Å². The zero-order chi connectivity index (χ0) is 15.6. The number of rotatable bonds is 3. The predicted octanol–water partition coefficient (Wildman–Crippen LogP) is 2.89. The molecule has 23 heavy (non-hydrogen) atoms. The Kier molecular flexibility index (Phi) is 5.98. The Labute approximate surface area is 141 Å². The number of carbonyl (C=O) groups is 1. The molecule has 0 spiro atoms. The highest BCUT2D eigenvalue weighted by Crippen LogP contribution is 2.28. The number of alkyl halides is 2. The molecular weight excluding hydrogens is 322 g/mol. The molecule has 0 aromatic heterocycles. The number of nitrogens with zero attached hydrogens (tertiary/aromatic N) is 1. The summed E-state index contributed by atoms with van der Waals surface area (Å²) < 4.78 is 26.4. The number of nitrogens with one attached hydrogen (secondary N) is 1. The van der Waals surface area contributed by atoms with Crippen molar-refractivity contribution < 1.29 is 13.6 Å². The van der Waals surface area contributed by atoms with Crippen LogP contribution in [0.15, 0.2) is 30.3 Å². The molecule has 3 nitrogen and oxygen atoms in total. The summed E-state index contributed by atoms with van der Waals surface area (Å²) in [7, 11) is 0. The molecule has 2 heterocycles. The Morgan fingerprint density at radius 1 is 1.22 bits per heavy atom. The van der Waals surface area contributed by atoms with Crippen molar-refractivity contribution in [3.05, 3.63) is 35.9 Å². The zero-order valence-corrected chi connectivity index (χ0v) is 13.8. The molecule has 6 heteroatoms. The highest BCUT2D eigenvalue weighted by Gasteiger charge is 2.43. The summed E-state index contributed by atoms with van der Waals surface area (Å²) in [6.45, 7) is 0.980. The number of piperidine rings is 1. The van der Waals surface area contributed by atoms with Crippen molar-refractivity contribution in [3.8, 4) is 0 Å². The monoisotopic (exact) mass is 344 g/mol. The lowest BCUT2D eigenvalue weighted by molar-refractivity contribution is -0.135. The van der Waals surface area contributed by atoms with Gasteiger partial charge in [0, 0.05) is 19.5 Å². The van der Waals surface area contributed by atoms with Gasteiger partial charge in [-0.15, -0.1) is 12.4 Å². The minimum absolute atomic E-state index is 0. The first-order valence-electron chi connectivity index (χ1n) is 7.97. The number of hydrogen-bond donors (Lipinski definition) is 1. The summed E-state index contributed by atoms with van der Waals surface area (Å²) in [5.74, 6) is -2.33. The maximum atomic E-state index is 13.2. The average Bonchev–Trinajstić information content (AvgIpc) is 2.88. The molecular formula is C17H23ClF2N2O. The number of amides is 1. The maximum absolute atomic E-state index is 13.2. The molecule has 3 rings (SSSR count). The van der Waals surface area contributed by atoms with Gasteiger partial charge in [0.25, 0.3) is 5.92 Å². The van der Waals surface area contributed by atoms with Gasteiger partial charge in [0.05, 0.1) is 12.6 Å². The molecule has 1 N–H and O–H groups in total. The minimum atomic E-state index is -2.74. The van der Waals surface area contributed by atoms with Crippen molar-refractivity contribution >= 4 is 18.3 Å². The zero-order valence-electron chi connectivity index (χ0n) is 13.0. The minimum Gasteiger partial charge on any atom is -0.341 e. The fraction of sp³-hybridized carbons (Fsp3) is 0.588. The van der Waals surface area contributed by atoms with Gasteiger partial charge in [0.15, 0.2) is 0 Å². The van der Waals surface area contributed by atoms with Crippen molar-refractivity contribution in [1.82, 2.24) is 10.2 Å². The van der Waals surface area contributed by atoms with Gasteiger partial charge in [0.1, 0.15) is 0 Å². The Morgan fingerprint density at radius 2 is 1.87 bits per heavy atom. The number of hydrogen-bond acceptors (Lipinski definition) is 2. The summed E-state index contributed by atoms with van der Waals surface area (Å²) in [4.78, 5) is 14.0. The molecule has 0 saturated carbocycles. The Balaban J connectivity index is 0.00000192. The first kappa shape index (κ1) is 18.1. The van der Waals surface area contributed by atoms with Crippen molar-refractivity contribution in [2.24, 2.45) is 5.92 Å². The van der Waals surface area contributed by atoms with Crippen LogP contribution in [0.5, 0.6) is 0 Å². The number of halogens is 3. The van der Waals surface area contributed by atoms with Crippen molar-refractivity contribution in [1.29, 1.82) is 0 Å².